The zero-order chi connectivity index (χ0) is 20.1. The van der Waals surface area contributed by atoms with Gasteiger partial charge in [-0.05, 0) is 31.4 Å². The number of nitrogens with one attached hydrogen (secondary N) is 2. The van der Waals surface area contributed by atoms with Crippen LogP contribution in [0.25, 0.3) is 0 Å². The average Bonchev–Trinajstić information content (AvgIpc) is 3.29. The molecule has 0 radical (unpaired) electrons. The summed E-state index contributed by atoms with van der Waals surface area (Å²) in [6, 6.07) is 8.91. The van der Waals surface area contributed by atoms with Crippen LogP contribution in [0, 0.1) is 6.92 Å². The summed E-state index contributed by atoms with van der Waals surface area (Å²) >= 11 is 3.69. The van der Waals surface area contributed by atoms with Crippen molar-refractivity contribution in [2.24, 2.45) is 12.0 Å². The van der Waals surface area contributed by atoms with Crippen LogP contribution < -0.4 is 10.6 Å². The van der Waals surface area contributed by atoms with Crippen molar-refractivity contribution < 1.29 is 0 Å². The number of aryl methyl sites for hydroxylation is 1. The number of hydrogen-bond donors (Lipinski definition) is 2. The number of hydrogen-bond acceptors (Lipinski definition) is 3. The third-order valence-electron chi connectivity index (χ3n) is 5.56. The Bertz CT molecular complexity index is 826. The molecule has 2 N–H and O–H groups in total. The molecule has 1 heterocycles. The molecule has 1 fully saturated rings. The summed E-state index contributed by atoms with van der Waals surface area (Å²) in [6.07, 6.45) is 4.99. The largest absolute Gasteiger partial charge is 0.356 e. The Morgan fingerprint density at radius 3 is 2.55 bits per heavy atom. The second-order valence-electron chi connectivity index (χ2n) is 8.23. The maximum atomic E-state index is 4.81. The Kier molecular flexibility index (Phi) is 8.93. The zero-order valence-corrected chi connectivity index (χ0v) is 21.6. The van der Waals surface area contributed by atoms with Crippen LogP contribution in [0.2, 0.25) is 0 Å². The molecule has 1 aromatic carbocycles. The van der Waals surface area contributed by atoms with Crippen molar-refractivity contribution in [1.82, 2.24) is 25.4 Å². The number of halogens is 2. The summed E-state index contributed by atoms with van der Waals surface area (Å²) < 4.78 is 3.13. The molecule has 1 saturated carbocycles. The predicted molar refractivity (Wildman–Crippen MR) is 133 cm³/mol. The van der Waals surface area contributed by atoms with E-state index in [2.05, 4.69) is 74.9 Å². The summed E-state index contributed by atoms with van der Waals surface area (Å²) in [5.74, 6) is 2.63. The van der Waals surface area contributed by atoms with Crippen LogP contribution in [-0.4, -0.2) is 33.3 Å². The van der Waals surface area contributed by atoms with Crippen molar-refractivity contribution in [2.75, 3.05) is 6.54 Å². The van der Waals surface area contributed by atoms with E-state index in [1.54, 1.807) is 0 Å². The molecule has 0 aliphatic heterocycles. The summed E-state index contributed by atoms with van der Waals surface area (Å²) in [6.45, 7) is 7.75. The molecule has 0 atom stereocenters. The van der Waals surface area contributed by atoms with E-state index in [1.807, 2.05) is 18.5 Å². The van der Waals surface area contributed by atoms with Gasteiger partial charge in [0.2, 0.25) is 0 Å². The first kappa shape index (κ1) is 24.1. The monoisotopic (exact) mass is 574 g/mol. The predicted octanol–water partition coefficient (Wildman–Crippen LogP) is 4.46. The second-order valence-corrected chi connectivity index (χ2v) is 9.08. The van der Waals surface area contributed by atoms with Gasteiger partial charge in [0.05, 0.1) is 0 Å². The number of benzene rings is 1. The van der Waals surface area contributed by atoms with E-state index in [-0.39, 0.29) is 29.4 Å². The van der Waals surface area contributed by atoms with Crippen molar-refractivity contribution in [2.45, 2.75) is 64.5 Å². The van der Waals surface area contributed by atoms with E-state index in [4.69, 9.17) is 4.99 Å². The fraction of sp³-hybridized carbons (Fsp3) is 0.571. The maximum Gasteiger partial charge on any atom is 0.191 e. The topological polar surface area (TPSA) is 67.1 Å². The van der Waals surface area contributed by atoms with Crippen molar-refractivity contribution in [1.29, 1.82) is 0 Å². The molecule has 0 amide bonds. The van der Waals surface area contributed by atoms with Gasteiger partial charge in [-0.2, -0.15) is 0 Å². The smallest absolute Gasteiger partial charge is 0.191 e. The molecule has 6 nitrogen and oxygen atoms in total. The van der Waals surface area contributed by atoms with E-state index < -0.39 is 0 Å². The molecule has 0 saturated heterocycles. The molecule has 1 aliphatic rings. The van der Waals surface area contributed by atoms with Crippen molar-refractivity contribution >= 4 is 45.9 Å². The lowest BCUT2D eigenvalue weighted by Gasteiger charge is -2.28. The first-order valence-corrected chi connectivity index (χ1v) is 10.8. The molecule has 8 heteroatoms. The van der Waals surface area contributed by atoms with Crippen LogP contribution in [0.3, 0.4) is 0 Å². The quantitative estimate of drug-likeness (QED) is 0.304. The standard InChI is InChI=1S/C21H31BrN6.HI/c1-15-26-27-19(28(15)4)13-23-20(25-16-9-5-6-10-16)24-14-21(2,3)17-11-7-8-12-18(17)22;/h7-8,11-12,16H,5-6,9-10,13-14H2,1-4H3,(H2,23,24,25);1H. The SMILES string of the molecule is Cc1nnc(CN=C(NCC(C)(C)c2ccccc2Br)NC2CCCC2)n1C.I. The molecule has 1 aliphatic carbocycles. The number of rotatable bonds is 6. The lowest BCUT2D eigenvalue weighted by Crippen LogP contribution is -2.46. The van der Waals surface area contributed by atoms with Crippen LogP contribution in [-0.2, 0) is 19.0 Å². The highest BCUT2D eigenvalue weighted by atomic mass is 127. The minimum absolute atomic E-state index is 0. The molecule has 2 aromatic rings. The van der Waals surface area contributed by atoms with Crippen LogP contribution >= 0.6 is 39.9 Å². The van der Waals surface area contributed by atoms with Crippen LogP contribution in [0.1, 0.15) is 56.7 Å². The number of nitrogens with zero attached hydrogens (tertiary/aromatic N) is 4. The molecule has 3 rings (SSSR count). The Morgan fingerprint density at radius 1 is 1.24 bits per heavy atom. The number of aromatic nitrogens is 3. The third kappa shape index (κ3) is 6.41. The van der Waals surface area contributed by atoms with E-state index in [1.165, 1.54) is 31.2 Å². The minimum Gasteiger partial charge on any atom is -0.356 e. The number of guanidine groups is 1. The van der Waals surface area contributed by atoms with Gasteiger partial charge in [0.15, 0.2) is 11.8 Å². The third-order valence-corrected chi connectivity index (χ3v) is 6.25. The molecular formula is C21H32BrIN6. The lowest BCUT2D eigenvalue weighted by molar-refractivity contribution is 0.500. The van der Waals surface area contributed by atoms with Crippen molar-refractivity contribution in [3.8, 4) is 0 Å². The summed E-state index contributed by atoms with van der Waals surface area (Å²) in [5, 5.41) is 15.6. The summed E-state index contributed by atoms with van der Waals surface area (Å²) in [4.78, 5) is 4.81. The van der Waals surface area contributed by atoms with Gasteiger partial charge in [-0.15, -0.1) is 34.2 Å². The minimum atomic E-state index is -0.0421. The van der Waals surface area contributed by atoms with E-state index in [0.717, 1.165) is 28.6 Å². The average molecular weight is 575 g/mol. The Labute approximate surface area is 199 Å². The molecule has 29 heavy (non-hydrogen) atoms. The van der Waals surface area contributed by atoms with Gasteiger partial charge in [0.1, 0.15) is 12.4 Å². The summed E-state index contributed by atoms with van der Waals surface area (Å²) in [5.41, 5.74) is 1.24. The highest BCUT2D eigenvalue weighted by Crippen LogP contribution is 2.29. The van der Waals surface area contributed by atoms with Crippen LogP contribution in [0.4, 0.5) is 0 Å². The van der Waals surface area contributed by atoms with E-state index >= 15 is 0 Å². The molecule has 160 valence electrons. The fourth-order valence-corrected chi connectivity index (χ4v) is 4.39. The Balaban J connectivity index is 0.00000300. The van der Waals surface area contributed by atoms with Gasteiger partial charge in [-0.3, -0.25) is 0 Å². The van der Waals surface area contributed by atoms with Gasteiger partial charge < -0.3 is 15.2 Å². The van der Waals surface area contributed by atoms with Gasteiger partial charge >= 0.3 is 0 Å². The van der Waals surface area contributed by atoms with E-state index in [0.29, 0.717) is 12.6 Å². The zero-order valence-electron chi connectivity index (χ0n) is 17.7. The molecule has 0 unspecified atom stereocenters. The number of aliphatic imine (C=N–C) groups is 1. The van der Waals surface area contributed by atoms with Crippen molar-refractivity contribution in [3.63, 3.8) is 0 Å². The highest BCUT2D eigenvalue weighted by Gasteiger charge is 2.24. The Hall–Kier alpha value is -1.16. The van der Waals surface area contributed by atoms with Gasteiger partial charge in [0, 0.05) is 29.5 Å². The van der Waals surface area contributed by atoms with Gasteiger partial charge in [-0.1, -0.05) is 60.8 Å². The van der Waals surface area contributed by atoms with Crippen LogP contribution in [0.5, 0.6) is 0 Å². The molecule has 1 aromatic heterocycles. The first-order valence-electron chi connectivity index (χ1n) is 10.0. The highest BCUT2D eigenvalue weighted by molar-refractivity contribution is 14.0. The van der Waals surface area contributed by atoms with Gasteiger partial charge in [0.25, 0.3) is 0 Å². The second kappa shape index (κ2) is 10.7. The molecular weight excluding hydrogens is 543 g/mol. The Morgan fingerprint density at radius 2 is 1.93 bits per heavy atom. The van der Waals surface area contributed by atoms with Gasteiger partial charge in [-0.25, -0.2) is 4.99 Å². The lowest BCUT2D eigenvalue weighted by atomic mass is 9.84. The maximum absolute atomic E-state index is 4.81. The normalized spacial score (nSPS) is 15.3. The molecule has 0 spiro atoms. The van der Waals surface area contributed by atoms with E-state index in [9.17, 15) is 0 Å². The van der Waals surface area contributed by atoms with Crippen molar-refractivity contribution in [3.05, 3.63) is 46.0 Å². The van der Waals surface area contributed by atoms with Crippen LogP contribution in [0.15, 0.2) is 33.7 Å². The first-order chi connectivity index (χ1) is 13.4. The summed E-state index contributed by atoms with van der Waals surface area (Å²) in [7, 11) is 1.98. The molecule has 0 bridgehead atoms. The fourth-order valence-electron chi connectivity index (χ4n) is 3.56.